The van der Waals surface area contributed by atoms with E-state index in [0.717, 1.165) is 37.5 Å². The van der Waals surface area contributed by atoms with Crippen LogP contribution in [-0.2, 0) is 25.9 Å². The summed E-state index contributed by atoms with van der Waals surface area (Å²) in [5.41, 5.74) is 1.28. The molecule has 6 nitrogen and oxygen atoms in total. The van der Waals surface area contributed by atoms with Crippen molar-refractivity contribution in [2.75, 3.05) is 6.54 Å². The summed E-state index contributed by atoms with van der Waals surface area (Å²) in [4.78, 5) is 12.0. The first-order valence-electron chi connectivity index (χ1n) is 8.69. The zero-order valence-corrected chi connectivity index (χ0v) is 14.8. The largest absolute Gasteiger partial charge is 0.338 e. The lowest BCUT2D eigenvalue weighted by Gasteiger charge is -2.15. The number of amides is 2. The van der Waals surface area contributed by atoms with Gasteiger partial charge in [-0.1, -0.05) is 18.2 Å². The van der Waals surface area contributed by atoms with E-state index in [1.54, 1.807) is 11.3 Å². The molecule has 2 amide bonds. The number of fused-ring (bicyclic) bond motifs is 2. The van der Waals surface area contributed by atoms with Crippen LogP contribution in [0.3, 0.4) is 0 Å². The van der Waals surface area contributed by atoms with E-state index < -0.39 is 0 Å². The lowest BCUT2D eigenvalue weighted by molar-refractivity contribution is 0.240. The zero-order chi connectivity index (χ0) is 17.1. The molecular weight excluding hydrogens is 334 g/mol. The van der Waals surface area contributed by atoms with Crippen molar-refractivity contribution in [2.24, 2.45) is 0 Å². The van der Waals surface area contributed by atoms with Crippen LogP contribution in [0, 0.1) is 0 Å². The minimum atomic E-state index is -0.160. The molecule has 0 bridgehead atoms. The molecule has 0 saturated carbocycles. The Labute approximate surface area is 150 Å². The summed E-state index contributed by atoms with van der Waals surface area (Å²) in [5, 5.41) is 17.7. The van der Waals surface area contributed by atoms with Gasteiger partial charge in [0.1, 0.15) is 5.82 Å². The number of aryl methyl sites for hydroxylation is 1. The molecule has 3 heterocycles. The van der Waals surface area contributed by atoms with Gasteiger partial charge in [-0.25, -0.2) is 4.79 Å². The third-order valence-electron chi connectivity index (χ3n) is 4.58. The van der Waals surface area contributed by atoms with Crippen LogP contribution in [0.4, 0.5) is 4.79 Å². The summed E-state index contributed by atoms with van der Waals surface area (Å²) in [7, 11) is 0. The first-order valence-corrected chi connectivity index (χ1v) is 9.57. The fourth-order valence-electron chi connectivity index (χ4n) is 3.26. The minimum Gasteiger partial charge on any atom is -0.338 e. The summed E-state index contributed by atoms with van der Waals surface area (Å²) in [6, 6.07) is 8.21. The molecule has 130 valence electrons. The quantitative estimate of drug-likeness (QED) is 0.739. The molecule has 3 aromatic rings. The van der Waals surface area contributed by atoms with Gasteiger partial charge in [-0.3, -0.25) is 0 Å². The molecule has 1 aromatic carbocycles. The molecular formula is C18H21N5OS. The number of hydrogen-bond donors (Lipinski definition) is 2. The van der Waals surface area contributed by atoms with Gasteiger partial charge in [0, 0.05) is 24.2 Å². The molecule has 1 aliphatic heterocycles. The van der Waals surface area contributed by atoms with Crippen molar-refractivity contribution in [2.45, 2.75) is 38.8 Å². The number of hydrogen-bond acceptors (Lipinski definition) is 4. The predicted octanol–water partition coefficient (Wildman–Crippen LogP) is 2.87. The maximum Gasteiger partial charge on any atom is 0.315 e. The highest BCUT2D eigenvalue weighted by atomic mass is 32.1. The molecule has 0 aliphatic carbocycles. The molecule has 2 N–H and O–H groups in total. The van der Waals surface area contributed by atoms with E-state index in [0.29, 0.717) is 13.1 Å². The van der Waals surface area contributed by atoms with E-state index in [-0.39, 0.29) is 6.03 Å². The van der Waals surface area contributed by atoms with Crippen LogP contribution in [0.15, 0.2) is 29.6 Å². The van der Waals surface area contributed by atoms with E-state index in [9.17, 15) is 4.79 Å². The molecule has 0 fully saturated rings. The Morgan fingerprint density at radius 3 is 3.08 bits per heavy atom. The number of thiophene rings is 1. The van der Waals surface area contributed by atoms with Gasteiger partial charge in [0.2, 0.25) is 0 Å². The Bertz CT molecular complexity index is 885. The second-order valence-electron chi connectivity index (χ2n) is 6.26. The highest BCUT2D eigenvalue weighted by molar-refractivity contribution is 7.17. The van der Waals surface area contributed by atoms with Gasteiger partial charge in [-0.15, -0.1) is 21.5 Å². The second-order valence-corrected chi connectivity index (χ2v) is 7.17. The number of carbonyl (C=O) groups excluding carboxylic acids is 1. The number of carbonyl (C=O) groups is 1. The zero-order valence-electron chi connectivity index (χ0n) is 14.0. The van der Waals surface area contributed by atoms with Crippen LogP contribution in [0.1, 0.15) is 30.1 Å². The highest BCUT2D eigenvalue weighted by Crippen LogP contribution is 2.25. The molecule has 0 spiro atoms. The van der Waals surface area contributed by atoms with Crippen molar-refractivity contribution in [3.63, 3.8) is 0 Å². The fourth-order valence-corrected chi connectivity index (χ4v) is 4.26. The molecule has 0 saturated heterocycles. The average molecular weight is 355 g/mol. The SMILES string of the molecule is O=C(NCCc1csc2ccccc12)NCc1nnc2n1CCCC2. The van der Waals surface area contributed by atoms with Gasteiger partial charge in [0.25, 0.3) is 0 Å². The summed E-state index contributed by atoms with van der Waals surface area (Å²) >= 11 is 1.75. The third kappa shape index (κ3) is 3.51. The number of urea groups is 1. The van der Waals surface area contributed by atoms with E-state index in [1.807, 2.05) is 0 Å². The van der Waals surface area contributed by atoms with Crippen molar-refractivity contribution < 1.29 is 4.79 Å². The summed E-state index contributed by atoms with van der Waals surface area (Å²) in [6.45, 7) is 1.98. The van der Waals surface area contributed by atoms with Crippen LogP contribution >= 0.6 is 11.3 Å². The first kappa shape index (κ1) is 16.1. The van der Waals surface area contributed by atoms with Gasteiger partial charge < -0.3 is 15.2 Å². The van der Waals surface area contributed by atoms with Crippen molar-refractivity contribution in [1.82, 2.24) is 25.4 Å². The average Bonchev–Trinajstić information content (AvgIpc) is 3.24. The molecule has 0 radical (unpaired) electrons. The molecule has 7 heteroatoms. The Morgan fingerprint density at radius 2 is 2.12 bits per heavy atom. The molecule has 0 unspecified atom stereocenters. The van der Waals surface area contributed by atoms with E-state index in [1.165, 1.54) is 22.1 Å². The number of benzene rings is 1. The smallest absolute Gasteiger partial charge is 0.315 e. The predicted molar refractivity (Wildman–Crippen MR) is 98.7 cm³/mol. The lowest BCUT2D eigenvalue weighted by atomic mass is 10.1. The second kappa shape index (κ2) is 7.23. The van der Waals surface area contributed by atoms with Gasteiger partial charge in [0.15, 0.2) is 5.82 Å². The maximum absolute atomic E-state index is 12.0. The van der Waals surface area contributed by atoms with E-state index in [4.69, 9.17) is 0 Å². The van der Waals surface area contributed by atoms with Crippen molar-refractivity contribution in [3.8, 4) is 0 Å². The number of nitrogens with zero attached hydrogens (tertiary/aromatic N) is 3. The van der Waals surface area contributed by atoms with Crippen LogP contribution in [0.25, 0.3) is 10.1 Å². The number of rotatable bonds is 5. The number of aromatic nitrogens is 3. The Morgan fingerprint density at radius 1 is 1.20 bits per heavy atom. The highest BCUT2D eigenvalue weighted by Gasteiger charge is 2.15. The normalized spacial score (nSPS) is 13.6. The molecule has 25 heavy (non-hydrogen) atoms. The topological polar surface area (TPSA) is 71.8 Å². The molecule has 0 atom stereocenters. The van der Waals surface area contributed by atoms with Gasteiger partial charge in [-0.05, 0) is 41.7 Å². The van der Waals surface area contributed by atoms with Gasteiger partial charge >= 0.3 is 6.03 Å². The molecule has 1 aliphatic rings. The summed E-state index contributed by atoms with van der Waals surface area (Å²) in [6.07, 6.45) is 4.13. The van der Waals surface area contributed by atoms with Crippen molar-refractivity contribution in [1.29, 1.82) is 0 Å². The van der Waals surface area contributed by atoms with Crippen LogP contribution in [0.2, 0.25) is 0 Å². The molecule has 4 rings (SSSR count). The fraction of sp³-hybridized carbons (Fsp3) is 0.389. The Hall–Kier alpha value is -2.41. The van der Waals surface area contributed by atoms with Crippen molar-refractivity contribution in [3.05, 3.63) is 46.9 Å². The van der Waals surface area contributed by atoms with Crippen molar-refractivity contribution >= 4 is 27.5 Å². The third-order valence-corrected chi connectivity index (χ3v) is 5.60. The molecule has 2 aromatic heterocycles. The van der Waals surface area contributed by atoms with Crippen LogP contribution in [0.5, 0.6) is 0 Å². The maximum atomic E-state index is 12.0. The van der Waals surface area contributed by atoms with Gasteiger partial charge in [-0.2, -0.15) is 0 Å². The Balaban J connectivity index is 1.26. The van der Waals surface area contributed by atoms with E-state index in [2.05, 4.69) is 55.0 Å². The lowest BCUT2D eigenvalue weighted by Crippen LogP contribution is -2.36. The standard InChI is InChI=1S/C18H21N5OS/c24-18(20-11-17-22-21-16-7-3-4-10-23(16)17)19-9-8-13-12-25-15-6-2-1-5-14(13)15/h1-2,5-6,12H,3-4,7-11H2,(H2,19,20,24). The van der Waals surface area contributed by atoms with Crippen LogP contribution < -0.4 is 10.6 Å². The summed E-state index contributed by atoms with van der Waals surface area (Å²) < 4.78 is 3.42. The monoisotopic (exact) mass is 355 g/mol. The van der Waals surface area contributed by atoms with Crippen LogP contribution in [-0.4, -0.2) is 27.3 Å². The van der Waals surface area contributed by atoms with E-state index >= 15 is 0 Å². The van der Waals surface area contributed by atoms with Gasteiger partial charge in [0.05, 0.1) is 6.54 Å². The Kier molecular flexibility index (Phi) is 4.65. The first-order chi connectivity index (χ1) is 12.3. The number of nitrogens with one attached hydrogen (secondary N) is 2. The minimum absolute atomic E-state index is 0.160. The summed E-state index contributed by atoms with van der Waals surface area (Å²) in [5.74, 6) is 1.88.